The smallest absolute Gasteiger partial charge is 0.160 e. The van der Waals surface area contributed by atoms with Gasteiger partial charge in [0.1, 0.15) is 12.4 Å². The molecule has 0 aliphatic rings. The van der Waals surface area contributed by atoms with Gasteiger partial charge in [0, 0.05) is 10.4 Å². The van der Waals surface area contributed by atoms with Crippen LogP contribution in [0.1, 0.15) is 38.2 Å². The minimum absolute atomic E-state index is 0.526. The molecule has 2 aromatic rings. The molecule has 0 aliphatic carbocycles. The second-order valence-electron chi connectivity index (χ2n) is 4.56. The lowest BCUT2D eigenvalue weighted by atomic mass is 10.1. The molecular formula is C16H18O2S. The van der Waals surface area contributed by atoms with Crippen molar-refractivity contribution in [2.24, 2.45) is 0 Å². The SMILES string of the molecule is CCc1sc(C=O)cc1COc1cccc(C)c1C. The summed E-state index contributed by atoms with van der Waals surface area (Å²) < 4.78 is 5.89. The third-order valence-corrected chi connectivity index (χ3v) is 4.54. The molecule has 0 N–H and O–H groups in total. The van der Waals surface area contributed by atoms with Gasteiger partial charge in [-0.1, -0.05) is 19.1 Å². The summed E-state index contributed by atoms with van der Waals surface area (Å²) in [6.45, 7) is 6.77. The first kappa shape index (κ1) is 13.8. The molecule has 0 spiro atoms. The number of rotatable bonds is 5. The van der Waals surface area contributed by atoms with Crippen LogP contribution in [-0.2, 0) is 13.0 Å². The maximum Gasteiger partial charge on any atom is 0.160 e. The topological polar surface area (TPSA) is 26.3 Å². The van der Waals surface area contributed by atoms with Gasteiger partial charge in [0.15, 0.2) is 6.29 Å². The van der Waals surface area contributed by atoms with Crippen LogP contribution < -0.4 is 4.74 Å². The number of carbonyl (C=O) groups is 1. The van der Waals surface area contributed by atoms with Gasteiger partial charge < -0.3 is 4.74 Å². The molecule has 100 valence electrons. The minimum atomic E-state index is 0.526. The van der Waals surface area contributed by atoms with Gasteiger partial charge in [0.2, 0.25) is 0 Å². The highest BCUT2D eigenvalue weighted by Gasteiger charge is 2.09. The van der Waals surface area contributed by atoms with Crippen LogP contribution in [0.5, 0.6) is 5.75 Å². The van der Waals surface area contributed by atoms with Gasteiger partial charge in [0.25, 0.3) is 0 Å². The van der Waals surface area contributed by atoms with Crippen molar-refractivity contribution in [1.29, 1.82) is 0 Å². The Labute approximate surface area is 118 Å². The fraction of sp³-hybridized carbons (Fsp3) is 0.312. The largest absolute Gasteiger partial charge is 0.489 e. The lowest BCUT2D eigenvalue weighted by molar-refractivity contribution is 0.112. The van der Waals surface area contributed by atoms with Crippen LogP contribution in [0, 0.1) is 13.8 Å². The first-order valence-corrected chi connectivity index (χ1v) is 7.23. The number of carbonyl (C=O) groups excluding carboxylic acids is 1. The zero-order valence-corrected chi connectivity index (χ0v) is 12.3. The van der Waals surface area contributed by atoms with E-state index in [1.165, 1.54) is 16.0 Å². The minimum Gasteiger partial charge on any atom is -0.489 e. The van der Waals surface area contributed by atoms with E-state index < -0.39 is 0 Å². The second kappa shape index (κ2) is 6.02. The molecule has 0 aliphatic heterocycles. The number of hydrogen-bond acceptors (Lipinski definition) is 3. The van der Waals surface area contributed by atoms with Gasteiger partial charge >= 0.3 is 0 Å². The van der Waals surface area contributed by atoms with E-state index in [9.17, 15) is 4.79 Å². The molecule has 1 aromatic carbocycles. The molecule has 2 nitrogen and oxygen atoms in total. The number of benzene rings is 1. The van der Waals surface area contributed by atoms with E-state index in [4.69, 9.17) is 4.74 Å². The third kappa shape index (κ3) is 3.04. The van der Waals surface area contributed by atoms with Gasteiger partial charge in [-0.25, -0.2) is 0 Å². The third-order valence-electron chi connectivity index (χ3n) is 3.29. The quantitative estimate of drug-likeness (QED) is 0.759. The number of aryl methyl sites for hydroxylation is 2. The number of hydrogen-bond donors (Lipinski definition) is 0. The highest BCUT2D eigenvalue weighted by molar-refractivity contribution is 7.13. The molecule has 0 saturated heterocycles. The lowest BCUT2D eigenvalue weighted by Gasteiger charge is -2.10. The zero-order valence-electron chi connectivity index (χ0n) is 11.5. The predicted molar refractivity (Wildman–Crippen MR) is 79.3 cm³/mol. The van der Waals surface area contributed by atoms with Gasteiger partial charge in [0.05, 0.1) is 4.88 Å². The summed E-state index contributed by atoms with van der Waals surface area (Å²) in [5.74, 6) is 0.918. The van der Waals surface area contributed by atoms with E-state index in [0.29, 0.717) is 6.61 Å². The molecule has 0 radical (unpaired) electrons. The van der Waals surface area contributed by atoms with Crippen molar-refractivity contribution in [1.82, 2.24) is 0 Å². The fourth-order valence-electron chi connectivity index (χ4n) is 2.00. The summed E-state index contributed by atoms with van der Waals surface area (Å²) in [5.41, 5.74) is 3.52. The molecule has 19 heavy (non-hydrogen) atoms. The van der Waals surface area contributed by atoms with E-state index in [0.717, 1.165) is 28.9 Å². The van der Waals surface area contributed by atoms with Crippen LogP contribution in [0.2, 0.25) is 0 Å². The first-order chi connectivity index (χ1) is 9.15. The van der Waals surface area contributed by atoms with Crippen molar-refractivity contribution >= 4 is 17.6 Å². The van der Waals surface area contributed by atoms with Crippen molar-refractivity contribution in [3.63, 3.8) is 0 Å². The molecule has 0 fully saturated rings. The summed E-state index contributed by atoms with van der Waals surface area (Å²) in [6, 6.07) is 8.00. The maximum absolute atomic E-state index is 10.8. The van der Waals surface area contributed by atoms with Crippen LogP contribution in [0.4, 0.5) is 0 Å². The Hall–Kier alpha value is -1.61. The van der Waals surface area contributed by atoms with E-state index in [-0.39, 0.29) is 0 Å². The van der Waals surface area contributed by atoms with Crippen LogP contribution in [0.3, 0.4) is 0 Å². The van der Waals surface area contributed by atoms with Crippen molar-refractivity contribution in [2.45, 2.75) is 33.8 Å². The van der Waals surface area contributed by atoms with Crippen LogP contribution in [0.25, 0.3) is 0 Å². The number of ether oxygens (including phenoxy) is 1. The first-order valence-electron chi connectivity index (χ1n) is 6.41. The summed E-state index contributed by atoms with van der Waals surface area (Å²) in [5, 5.41) is 0. The molecule has 3 heteroatoms. The highest BCUT2D eigenvalue weighted by atomic mass is 32.1. The molecule has 1 heterocycles. The van der Waals surface area contributed by atoms with Crippen LogP contribution in [0.15, 0.2) is 24.3 Å². The van der Waals surface area contributed by atoms with Gasteiger partial charge in [-0.2, -0.15) is 0 Å². The average molecular weight is 274 g/mol. The number of aldehydes is 1. The Bertz CT molecular complexity index is 584. The van der Waals surface area contributed by atoms with Crippen molar-refractivity contribution in [2.75, 3.05) is 0 Å². The summed E-state index contributed by atoms with van der Waals surface area (Å²) in [4.78, 5) is 12.8. The Morgan fingerprint density at radius 2 is 2.11 bits per heavy atom. The predicted octanol–water partition coefficient (Wildman–Crippen LogP) is 4.32. The van der Waals surface area contributed by atoms with Crippen molar-refractivity contribution < 1.29 is 9.53 Å². The van der Waals surface area contributed by atoms with Gasteiger partial charge in [-0.3, -0.25) is 4.79 Å². The van der Waals surface area contributed by atoms with Crippen LogP contribution in [-0.4, -0.2) is 6.29 Å². The second-order valence-corrected chi connectivity index (χ2v) is 5.72. The zero-order chi connectivity index (χ0) is 13.8. The molecular weight excluding hydrogens is 256 g/mol. The fourth-order valence-corrected chi connectivity index (χ4v) is 2.93. The molecule has 0 unspecified atom stereocenters. The van der Waals surface area contributed by atoms with E-state index in [1.807, 2.05) is 18.2 Å². The van der Waals surface area contributed by atoms with Gasteiger partial charge in [-0.05, 0) is 43.5 Å². The summed E-state index contributed by atoms with van der Waals surface area (Å²) in [7, 11) is 0. The number of thiophene rings is 1. The van der Waals surface area contributed by atoms with Crippen molar-refractivity contribution in [3.8, 4) is 5.75 Å². The summed E-state index contributed by atoms with van der Waals surface area (Å²) >= 11 is 1.55. The van der Waals surface area contributed by atoms with Gasteiger partial charge in [-0.15, -0.1) is 11.3 Å². The molecule has 0 amide bonds. The maximum atomic E-state index is 10.8. The Morgan fingerprint density at radius 1 is 1.32 bits per heavy atom. The Balaban J connectivity index is 2.16. The van der Waals surface area contributed by atoms with E-state index in [2.05, 4.69) is 26.8 Å². The molecule has 1 aromatic heterocycles. The molecule has 0 atom stereocenters. The molecule has 0 saturated carbocycles. The average Bonchev–Trinajstić information content (AvgIpc) is 2.83. The molecule has 0 bridgehead atoms. The van der Waals surface area contributed by atoms with Crippen LogP contribution >= 0.6 is 11.3 Å². The monoisotopic (exact) mass is 274 g/mol. The lowest BCUT2D eigenvalue weighted by Crippen LogP contribution is -1.98. The highest BCUT2D eigenvalue weighted by Crippen LogP contribution is 2.26. The molecule has 2 rings (SSSR count). The van der Waals surface area contributed by atoms with Crippen molar-refractivity contribution in [3.05, 3.63) is 50.7 Å². The van der Waals surface area contributed by atoms with E-state index >= 15 is 0 Å². The Morgan fingerprint density at radius 3 is 2.79 bits per heavy atom. The Kier molecular flexibility index (Phi) is 4.38. The standard InChI is InChI=1S/C16H18O2S/c1-4-16-13(8-14(9-17)19-16)10-18-15-7-5-6-11(2)12(15)3/h5-9H,4,10H2,1-3H3. The van der Waals surface area contributed by atoms with E-state index in [1.54, 1.807) is 11.3 Å². The summed E-state index contributed by atoms with van der Waals surface area (Å²) in [6.07, 6.45) is 1.84. The normalized spacial score (nSPS) is 10.5.